The lowest BCUT2D eigenvalue weighted by Gasteiger charge is -2.12. The van der Waals surface area contributed by atoms with E-state index in [-0.39, 0.29) is 17.5 Å². The van der Waals surface area contributed by atoms with E-state index in [4.69, 9.17) is 0 Å². The maximum Gasteiger partial charge on any atom is 0.151 e. The number of nitrogens with one attached hydrogen (secondary N) is 1. The van der Waals surface area contributed by atoms with Crippen LogP contribution < -0.4 is 5.32 Å². The van der Waals surface area contributed by atoms with Crippen molar-refractivity contribution in [2.75, 3.05) is 18.1 Å². The molecule has 1 unspecified atom stereocenters. The zero-order valence-electron chi connectivity index (χ0n) is 10.6. The molecule has 0 aliphatic rings. The maximum atomic E-state index is 11.4. The average molecular weight is 276 g/mol. The molecule has 0 radical (unpaired) electrons. The quantitative estimate of drug-likeness (QED) is 0.818. The van der Waals surface area contributed by atoms with E-state index in [9.17, 15) is 8.42 Å². The van der Waals surface area contributed by atoms with Gasteiger partial charge in [0, 0.05) is 30.1 Å². The number of rotatable bonds is 7. The van der Waals surface area contributed by atoms with E-state index < -0.39 is 9.84 Å². The number of nitrogens with zero attached hydrogens (tertiary/aromatic N) is 1. The van der Waals surface area contributed by atoms with Crippen molar-refractivity contribution in [2.24, 2.45) is 0 Å². The first-order valence-corrected chi connectivity index (χ1v) is 8.48. The summed E-state index contributed by atoms with van der Waals surface area (Å²) < 4.78 is 22.8. The van der Waals surface area contributed by atoms with Crippen LogP contribution in [0.1, 0.15) is 24.5 Å². The molecule has 1 aromatic rings. The summed E-state index contributed by atoms with van der Waals surface area (Å²) in [5, 5.41) is 6.33. The fourth-order valence-electron chi connectivity index (χ4n) is 1.53. The van der Waals surface area contributed by atoms with Crippen LogP contribution in [-0.4, -0.2) is 37.5 Å². The molecule has 1 aromatic heterocycles. The van der Waals surface area contributed by atoms with Gasteiger partial charge in [-0.3, -0.25) is 0 Å². The van der Waals surface area contributed by atoms with Gasteiger partial charge in [-0.1, -0.05) is 6.92 Å². The summed E-state index contributed by atoms with van der Waals surface area (Å²) in [6, 6.07) is -0.000294. The Bertz CT molecular complexity index is 440. The van der Waals surface area contributed by atoms with Gasteiger partial charge in [0.25, 0.3) is 0 Å². The molecule has 0 aromatic carbocycles. The van der Waals surface area contributed by atoms with E-state index in [1.807, 2.05) is 19.2 Å². The average Bonchev–Trinajstić information content (AvgIpc) is 2.63. The summed E-state index contributed by atoms with van der Waals surface area (Å²) in [7, 11) is -2.89. The Labute approximate surface area is 107 Å². The molecule has 1 rings (SSSR count). The SMILES string of the molecule is CCS(=O)(=O)CC(C)NCCc1csc(C)n1. The fraction of sp³-hybridized carbons (Fsp3) is 0.727. The second kappa shape index (κ2) is 6.47. The summed E-state index contributed by atoms with van der Waals surface area (Å²) in [6.07, 6.45) is 0.848. The molecule has 0 spiro atoms. The number of thiazole rings is 1. The van der Waals surface area contributed by atoms with E-state index in [2.05, 4.69) is 10.3 Å². The van der Waals surface area contributed by atoms with Crippen LogP contribution in [0.15, 0.2) is 5.38 Å². The lowest BCUT2D eigenvalue weighted by Crippen LogP contribution is -2.34. The van der Waals surface area contributed by atoms with Crippen molar-refractivity contribution in [1.29, 1.82) is 0 Å². The van der Waals surface area contributed by atoms with Crippen LogP contribution in [-0.2, 0) is 16.3 Å². The maximum absolute atomic E-state index is 11.4. The first-order chi connectivity index (χ1) is 7.93. The highest BCUT2D eigenvalue weighted by molar-refractivity contribution is 7.91. The van der Waals surface area contributed by atoms with Crippen LogP contribution in [0.5, 0.6) is 0 Å². The van der Waals surface area contributed by atoms with Gasteiger partial charge in [-0.2, -0.15) is 0 Å². The second-order valence-corrected chi connectivity index (χ2v) is 7.62. The third-order valence-electron chi connectivity index (χ3n) is 2.48. The summed E-state index contributed by atoms with van der Waals surface area (Å²) >= 11 is 1.64. The van der Waals surface area contributed by atoms with E-state index >= 15 is 0 Å². The Morgan fingerprint density at radius 2 is 2.24 bits per heavy atom. The first kappa shape index (κ1) is 14.6. The molecule has 4 nitrogen and oxygen atoms in total. The fourth-order valence-corrected chi connectivity index (χ4v) is 3.29. The minimum absolute atomic E-state index is 0.000294. The lowest BCUT2D eigenvalue weighted by atomic mass is 10.3. The number of sulfone groups is 1. The number of aromatic nitrogens is 1. The molecule has 1 atom stereocenters. The molecule has 98 valence electrons. The Hall–Kier alpha value is -0.460. The first-order valence-electron chi connectivity index (χ1n) is 5.77. The minimum atomic E-state index is -2.89. The normalized spacial score (nSPS) is 13.8. The van der Waals surface area contributed by atoms with Gasteiger partial charge in [0.15, 0.2) is 9.84 Å². The second-order valence-electron chi connectivity index (χ2n) is 4.16. The van der Waals surface area contributed by atoms with Crippen molar-refractivity contribution in [3.8, 4) is 0 Å². The molecule has 0 saturated heterocycles. The summed E-state index contributed by atoms with van der Waals surface area (Å²) in [4.78, 5) is 4.36. The zero-order valence-corrected chi connectivity index (χ0v) is 12.2. The van der Waals surface area contributed by atoms with Gasteiger partial charge in [0.05, 0.1) is 16.5 Å². The standard InChI is InChI=1S/C11H20N2O2S2/c1-4-17(14,15)8-9(2)12-6-5-11-7-16-10(3)13-11/h7,9,12H,4-6,8H2,1-3H3. The Morgan fingerprint density at radius 1 is 1.53 bits per heavy atom. The Kier molecular flexibility index (Phi) is 5.55. The third kappa shape index (κ3) is 5.61. The molecule has 1 heterocycles. The van der Waals surface area contributed by atoms with Crippen LogP contribution in [0.25, 0.3) is 0 Å². The summed E-state index contributed by atoms with van der Waals surface area (Å²) in [6.45, 7) is 6.33. The van der Waals surface area contributed by atoms with E-state index in [0.717, 1.165) is 23.7 Å². The molecule has 0 bridgehead atoms. The van der Waals surface area contributed by atoms with Gasteiger partial charge in [-0.25, -0.2) is 13.4 Å². The van der Waals surface area contributed by atoms with Crippen molar-refractivity contribution in [3.63, 3.8) is 0 Å². The zero-order chi connectivity index (χ0) is 12.9. The third-order valence-corrected chi connectivity index (χ3v) is 5.19. The van der Waals surface area contributed by atoms with Crippen LogP contribution >= 0.6 is 11.3 Å². The van der Waals surface area contributed by atoms with Crippen LogP contribution in [0, 0.1) is 6.92 Å². The van der Waals surface area contributed by atoms with E-state index in [0.29, 0.717) is 0 Å². The predicted molar refractivity (Wildman–Crippen MR) is 72.3 cm³/mol. The highest BCUT2D eigenvalue weighted by Crippen LogP contribution is 2.07. The molecule has 1 N–H and O–H groups in total. The summed E-state index contributed by atoms with van der Waals surface area (Å²) in [5.41, 5.74) is 1.07. The van der Waals surface area contributed by atoms with Crippen LogP contribution in [0.4, 0.5) is 0 Å². The number of hydrogen-bond donors (Lipinski definition) is 1. The van der Waals surface area contributed by atoms with Crippen molar-refractivity contribution in [3.05, 3.63) is 16.1 Å². The van der Waals surface area contributed by atoms with Gasteiger partial charge in [0.1, 0.15) is 0 Å². The van der Waals surface area contributed by atoms with Gasteiger partial charge in [-0.05, 0) is 13.8 Å². The largest absolute Gasteiger partial charge is 0.313 e. The Morgan fingerprint density at radius 3 is 2.76 bits per heavy atom. The molecular weight excluding hydrogens is 256 g/mol. The minimum Gasteiger partial charge on any atom is -0.313 e. The highest BCUT2D eigenvalue weighted by Gasteiger charge is 2.12. The van der Waals surface area contributed by atoms with Crippen LogP contribution in [0.2, 0.25) is 0 Å². The molecule has 6 heteroatoms. The van der Waals surface area contributed by atoms with E-state index in [1.54, 1.807) is 18.3 Å². The molecular formula is C11H20N2O2S2. The van der Waals surface area contributed by atoms with Gasteiger partial charge in [-0.15, -0.1) is 11.3 Å². The number of aryl methyl sites for hydroxylation is 1. The van der Waals surface area contributed by atoms with Crippen molar-refractivity contribution in [1.82, 2.24) is 10.3 Å². The summed E-state index contributed by atoms with van der Waals surface area (Å²) in [5.74, 6) is 0.421. The molecule has 0 amide bonds. The van der Waals surface area contributed by atoms with E-state index in [1.165, 1.54) is 0 Å². The van der Waals surface area contributed by atoms with Crippen LogP contribution in [0.3, 0.4) is 0 Å². The smallest absolute Gasteiger partial charge is 0.151 e. The van der Waals surface area contributed by atoms with Crippen molar-refractivity contribution < 1.29 is 8.42 Å². The molecule has 0 aliphatic carbocycles. The van der Waals surface area contributed by atoms with Gasteiger partial charge >= 0.3 is 0 Å². The highest BCUT2D eigenvalue weighted by atomic mass is 32.2. The lowest BCUT2D eigenvalue weighted by molar-refractivity contribution is 0.558. The van der Waals surface area contributed by atoms with Gasteiger partial charge in [0.2, 0.25) is 0 Å². The van der Waals surface area contributed by atoms with Gasteiger partial charge < -0.3 is 5.32 Å². The topological polar surface area (TPSA) is 59.1 Å². The molecule has 0 saturated carbocycles. The molecule has 0 aliphatic heterocycles. The Balaban J connectivity index is 2.27. The number of hydrogen-bond acceptors (Lipinski definition) is 5. The predicted octanol–water partition coefficient (Wildman–Crippen LogP) is 1.41. The van der Waals surface area contributed by atoms with Crippen molar-refractivity contribution in [2.45, 2.75) is 33.2 Å². The van der Waals surface area contributed by atoms with Crippen molar-refractivity contribution >= 4 is 21.2 Å². The monoisotopic (exact) mass is 276 g/mol. The molecule has 17 heavy (non-hydrogen) atoms. The molecule has 0 fully saturated rings.